The fourth-order valence-corrected chi connectivity index (χ4v) is 1.78. The van der Waals surface area contributed by atoms with Gasteiger partial charge in [-0.1, -0.05) is 18.2 Å². The van der Waals surface area contributed by atoms with Gasteiger partial charge in [0.05, 0.1) is 11.1 Å². The predicted molar refractivity (Wildman–Crippen MR) is 67.2 cm³/mol. The molecule has 0 aliphatic rings. The molecule has 0 saturated carbocycles. The van der Waals surface area contributed by atoms with Gasteiger partial charge < -0.3 is 0 Å². The van der Waals surface area contributed by atoms with E-state index < -0.39 is 0 Å². The molecule has 0 unspecified atom stereocenters. The molecule has 0 fully saturated rings. The molecule has 3 aromatic rings. The number of rotatable bonds is 2. The SMILES string of the molecule is O=C(c1cncnc1)c1cnc2ccccc2c1. The Kier molecular flexibility index (Phi) is 2.53. The molecule has 0 saturated heterocycles. The van der Waals surface area contributed by atoms with Gasteiger partial charge in [-0.25, -0.2) is 9.97 Å². The predicted octanol–water partition coefficient (Wildman–Crippen LogP) is 2.26. The minimum absolute atomic E-state index is 0.117. The van der Waals surface area contributed by atoms with Gasteiger partial charge in [0.2, 0.25) is 0 Å². The minimum Gasteiger partial charge on any atom is -0.288 e. The summed E-state index contributed by atoms with van der Waals surface area (Å²) >= 11 is 0. The maximum atomic E-state index is 12.2. The van der Waals surface area contributed by atoms with Gasteiger partial charge in [-0.15, -0.1) is 0 Å². The highest BCUT2D eigenvalue weighted by atomic mass is 16.1. The molecule has 0 amide bonds. The van der Waals surface area contributed by atoms with Crippen LogP contribution in [0.5, 0.6) is 0 Å². The molecule has 4 nitrogen and oxygen atoms in total. The lowest BCUT2D eigenvalue weighted by Gasteiger charge is -2.01. The average molecular weight is 235 g/mol. The van der Waals surface area contributed by atoms with Crippen molar-refractivity contribution in [2.24, 2.45) is 0 Å². The smallest absolute Gasteiger partial charge is 0.197 e. The summed E-state index contributed by atoms with van der Waals surface area (Å²) in [6, 6.07) is 9.51. The molecule has 2 aromatic heterocycles. The first-order valence-corrected chi connectivity index (χ1v) is 5.49. The Morgan fingerprint density at radius 2 is 1.72 bits per heavy atom. The van der Waals surface area contributed by atoms with Crippen molar-refractivity contribution in [3.8, 4) is 0 Å². The first-order chi connectivity index (χ1) is 8.84. The van der Waals surface area contributed by atoms with Crippen molar-refractivity contribution >= 4 is 16.7 Å². The molecule has 18 heavy (non-hydrogen) atoms. The van der Waals surface area contributed by atoms with Crippen LogP contribution in [0.2, 0.25) is 0 Å². The van der Waals surface area contributed by atoms with Crippen molar-refractivity contribution in [2.45, 2.75) is 0 Å². The zero-order valence-electron chi connectivity index (χ0n) is 9.45. The number of fused-ring (bicyclic) bond motifs is 1. The molecule has 86 valence electrons. The molecule has 1 aromatic carbocycles. The lowest BCUT2D eigenvalue weighted by molar-refractivity contribution is 0.103. The molecule has 3 rings (SSSR count). The van der Waals surface area contributed by atoms with E-state index in [0.717, 1.165) is 10.9 Å². The molecule has 0 N–H and O–H groups in total. The highest BCUT2D eigenvalue weighted by Crippen LogP contribution is 2.15. The van der Waals surface area contributed by atoms with Crippen LogP contribution in [-0.4, -0.2) is 20.7 Å². The summed E-state index contributed by atoms with van der Waals surface area (Å²) in [5.41, 5.74) is 1.89. The Hall–Kier alpha value is -2.62. The monoisotopic (exact) mass is 235 g/mol. The number of carbonyl (C=O) groups is 1. The third-order valence-corrected chi connectivity index (χ3v) is 2.68. The van der Waals surface area contributed by atoms with Crippen LogP contribution in [-0.2, 0) is 0 Å². The molecular weight excluding hydrogens is 226 g/mol. The second kappa shape index (κ2) is 4.33. The number of nitrogens with zero attached hydrogens (tertiary/aromatic N) is 3. The van der Waals surface area contributed by atoms with Crippen LogP contribution in [0.25, 0.3) is 10.9 Å². The van der Waals surface area contributed by atoms with Crippen LogP contribution in [0.1, 0.15) is 15.9 Å². The van der Waals surface area contributed by atoms with Gasteiger partial charge in [0.1, 0.15) is 6.33 Å². The first-order valence-electron chi connectivity index (χ1n) is 5.49. The summed E-state index contributed by atoms with van der Waals surface area (Å²) in [6.07, 6.45) is 5.99. The van der Waals surface area contributed by atoms with Crippen LogP contribution in [0.4, 0.5) is 0 Å². The standard InChI is InChI=1S/C14H9N3O/c18-14(12-6-15-9-16-7-12)11-5-10-3-1-2-4-13(10)17-8-11/h1-9H. The van der Waals surface area contributed by atoms with E-state index in [2.05, 4.69) is 15.0 Å². The fraction of sp³-hybridized carbons (Fsp3) is 0. The molecule has 4 heteroatoms. The molecule has 0 bridgehead atoms. The average Bonchev–Trinajstić information content (AvgIpc) is 2.47. The first kappa shape index (κ1) is 10.5. The van der Waals surface area contributed by atoms with E-state index in [1.807, 2.05) is 30.3 Å². The topological polar surface area (TPSA) is 55.7 Å². The number of aromatic nitrogens is 3. The second-order valence-corrected chi connectivity index (χ2v) is 3.87. The van der Waals surface area contributed by atoms with Gasteiger partial charge in [-0.2, -0.15) is 0 Å². The summed E-state index contributed by atoms with van der Waals surface area (Å²) in [4.78, 5) is 24.1. The summed E-state index contributed by atoms with van der Waals surface area (Å²) < 4.78 is 0. The Bertz CT molecular complexity index is 710. The van der Waals surface area contributed by atoms with Crippen molar-refractivity contribution in [1.29, 1.82) is 0 Å². The Labute approximate surface area is 103 Å². The summed E-state index contributed by atoms with van der Waals surface area (Å²) in [6.45, 7) is 0. The number of carbonyl (C=O) groups excluding carboxylic acids is 1. The number of hydrogen-bond donors (Lipinski definition) is 0. The van der Waals surface area contributed by atoms with Gasteiger partial charge in [0.25, 0.3) is 0 Å². The summed E-state index contributed by atoms with van der Waals surface area (Å²) in [5.74, 6) is -0.117. The summed E-state index contributed by atoms with van der Waals surface area (Å²) in [7, 11) is 0. The molecule has 0 aliphatic heterocycles. The number of hydrogen-bond acceptors (Lipinski definition) is 4. The van der Waals surface area contributed by atoms with Crippen LogP contribution in [0, 0.1) is 0 Å². The number of pyridine rings is 1. The van der Waals surface area contributed by atoms with E-state index in [4.69, 9.17) is 0 Å². The van der Waals surface area contributed by atoms with Crippen molar-refractivity contribution < 1.29 is 4.79 Å². The maximum Gasteiger partial charge on any atom is 0.197 e. The number of ketones is 1. The fourth-order valence-electron chi connectivity index (χ4n) is 1.78. The third-order valence-electron chi connectivity index (χ3n) is 2.68. The highest BCUT2D eigenvalue weighted by Gasteiger charge is 2.10. The molecule has 0 spiro atoms. The normalized spacial score (nSPS) is 10.4. The van der Waals surface area contributed by atoms with Crippen molar-refractivity contribution in [3.63, 3.8) is 0 Å². The molecule has 0 atom stereocenters. The van der Waals surface area contributed by atoms with E-state index in [-0.39, 0.29) is 5.78 Å². The largest absolute Gasteiger partial charge is 0.288 e. The van der Waals surface area contributed by atoms with Crippen LogP contribution in [0.15, 0.2) is 55.2 Å². The maximum absolute atomic E-state index is 12.2. The Morgan fingerprint density at radius 3 is 2.56 bits per heavy atom. The zero-order chi connectivity index (χ0) is 12.4. The van der Waals surface area contributed by atoms with Gasteiger partial charge in [-0.3, -0.25) is 9.78 Å². The Balaban J connectivity index is 2.07. The highest BCUT2D eigenvalue weighted by molar-refractivity contribution is 6.09. The van der Waals surface area contributed by atoms with E-state index in [1.165, 1.54) is 18.7 Å². The van der Waals surface area contributed by atoms with Crippen LogP contribution < -0.4 is 0 Å². The minimum atomic E-state index is -0.117. The number of para-hydroxylation sites is 1. The lowest BCUT2D eigenvalue weighted by Crippen LogP contribution is -2.03. The van der Waals surface area contributed by atoms with Gasteiger partial charge >= 0.3 is 0 Å². The van der Waals surface area contributed by atoms with Crippen molar-refractivity contribution in [1.82, 2.24) is 15.0 Å². The van der Waals surface area contributed by atoms with Crippen LogP contribution in [0.3, 0.4) is 0 Å². The molecular formula is C14H9N3O. The molecule has 0 aliphatic carbocycles. The van der Waals surface area contributed by atoms with Crippen molar-refractivity contribution in [3.05, 3.63) is 66.4 Å². The molecule has 0 radical (unpaired) electrons. The van der Waals surface area contributed by atoms with E-state index in [9.17, 15) is 4.79 Å². The van der Waals surface area contributed by atoms with Gasteiger partial charge in [-0.05, 0) is 12.1 Å². The second-order valence-electron chi connectivity index (χ2n) is 3.87. The van der Waals surface area contributed by atoms with Crippen LogP contribution >= 0.6 is 0 Å². The molecule has 2 heterocycles. The third kappa shape index (κ3) is 1.84. The van der Waals surface area contributed by atoms with E-state index >= 15 is 0 Å². The zero-order valence-corrected chi connectivity index (χ0v) is 9.45. The quantitative estimate of drug-likeness (QED) is 0.639. The summed E-state index contributed by atoms with van der Waals surface area (Å²) in [5, 5.41) is 0.945. The van der Waals surface area contributed by atoms with Crippen molar-refractivity contribution in [2.75, 3.05) is 0 Å². The van der Waals surface area contributed by atoms with Gasteiger partial charge in [0.15, 0.2) is 5.78 Å². The lowest BCUT2D eigenvalue weighted by atomic mass is 10.1. The van der Waals surface area contributed by atoms with E-state index in [1.54, 1.807) is 6.20 Å². The van der Waals surface area contributed by atoms with Gasteiger partial charge in [0, 0.05) is 29.5 Å². The number of benzene rings is 1. The Morgan fingerprint density at radius 1 is 0.944 bits per heavy atom. The van der Waals surface area contributed by atoms with E-state index in [0.29, 0.717) is 11.1 Å².